The van der Waals surface area contributed by atoms with E-state index in [-0.39, 0.29) is 24.2 Å². The molecule has 136 valence electrons. The summed E-state index contributed by atoms with van der Waals surface area (Å²) in [5, 5.41) is 2.99. The summed E-state index contributed by atoms with van der Waals surface area (Å²) in [6, 6.07) is 14.0. The molecular formula is C22H26N2O2. The van der Waals surface area contributed by atoms with Crippen LogP contribution in [0.25, 0.3) is 0 Å². The van der Waals surface area contributed by atoms with Gasteiger partial charge in [-0.05, 0) is 54.7 Å². The van der Waals surface area contributed by atoms with E-state index < -0.39 is 0 Å². The summed E-state index contributed by atoms with van der Waals surface area (Å²) in [5.41, 5.74) is 5.04. The molecule has 1 N–H and O–H groups in total. The van der Waals surface area contributed by atoms with Crippen LogP contribution in [0.2, 0.25) is 0 Å². The average Bonchev–Trinajstić information content (AvgIpc) is 3.00. The van der Waals surface area contributed by atoms with E-state index in [0.717, 1.165) is 22.5 Å². The Kier molecular flexibility index (Phi) is 5.12. The summed E-state index contributed by atoms with van der Waals surface area (Å²) in [7, 11) is 0. The molecule has 0 unspecified atom stereocenters. The Balaban J connectivity index is 1.70. The molecule has 4 heteroatoms. The molecule has 3 rings (SSSR count). The van der Waals surface area contributed by atoms with Gasteiger partial charge in [-0.15, -0.1) is 0 Å². The highest BCUT2D eigenvalue weighted by Gasteiger charge is 2.35. The second-order valence-corrected chi connectivity index (χ2v) is 7.46. The number of hydrogen-bond acceptors (Lipinski definition) is 2. The third-order valence-electron chi connectivity index (χ3n) is 5.02. The first kappa shape index (κ1) is 18.2. The lowest BCUT2D eigenvalue weighted by Gasteiger charge is -2.18. The third kappa shape index (κ3) is 3.79. The van der Waals surface area contributed by atoms with E-state index in [9.17, 15) is 9.59 Å². The average molecular weight is 350 g/mol. The van der Waals surface area contributed by atoms with Crippen molar-refractivity contribution in [1.82, 2.24) is 0 Å². The van der Waals surface area contributed by atoms with Crippen molar-refractivity contribution in [2.24, 2.45) is 5.92 Å². The molecule has 1 saturated heterocycles. The van der Waals surface area contributed by atoms with Gasteiger partial charge in [0, 0.05) is 24.3 Å². The lowest BCUT2D eigenvalue weighted by atomic mass is 10.0. The maximum Gasteiger partial charge on any atom is 0.229 e. The summed E-state index contributed by atoms with van der Waals surface area (Å²) in [6.45, 7) is 8.68. The molecule has 2 aromatic rings. The predicted molar refractivity (Wildman–Crippen MR) is 106 cm³/mol. The zero-order valence-corrected chi connectivity index (χ0v) is 15.9. The summed E-state index contributed by atoms with van der Waals surface area (Å²) in [6.07, 6.45) is 0.253. The van der Waals surface area contributed by atoms with Gasteiger partial charge < -0.3 is 10.2 Å². The number of nitrogens with zero attached hydrogens (tertiary/aromatic N) is 1. The third-order valence-corrected chi connectivity index (χ3v) is 5.02. The zero-order valence-electron chi connectivity index (χ0n) is 15.9. The van der Waals surface area contributed by atoms with Crippen LogP contribution < -0.4 is 10.2 Å². The number of hydrogen-bond donors (Lipinski definition) is 1. The van der Waals surface area contributed by atoms with Crippen LogP contribution in [0.1, 0.15) is 42.9 Å². The molecule has 0 spiro atoms. The van der Waals surface area contributed by atoms with Gasteiger partial charge in [0.25, 0.3) is 0 Å². The second-order valence-electron chi connectivity index (χ2n) is 7.46. The van der Waals surface area contributed by atoms with Crippen molar-refractivity contribution >= 4 is 23.2 Å². The summed E-state index contributed by atoms with van der Waals surface area (Å²) in [5.74, 6) is 0.0402. The van der Waals surface area contributed by atoms with E-state index in [1.165, 1.54) is 5.56 Å². The molecule has 1 fully saturated rings. The number of amides is 2. The first-order valence-electron chi connectivity index (χ1n) is 9.13. The first-order valence-corrected chi connectivity index (χ1v) is 9.13. The van der Waals surface area contributed by atoms with Crippen LogP contribution in [-0.4, -0.2) is 18.4 Å². The van der Waals surface area contributed by atoms with E-state index >= 15 is 0 Å². The molecule has 0 bridgehead atoms. The normalized spacial score (nSPS) is 17.0. The highest BCUT2D eigenvalue weighted by Crippen LogP contribution is 2.28. The molecule has 1 aliphatic rings. The topological polar surface area (TPSA) is 49.4 Å². The van der Waals surface area contributed by atoms with Crippen molar-refractivity contribution in [3.8, 4) is 0 Å². The van der Waals surface area contributed by atoms with Gasteiger partial charge in [-0.25, -0.2) is 0 Å². The molecule has 26 heavy (non-hydrogen) atoms. The molecule has 1 heterocycles. The Bertz CT molecular complexity index is 825. The van der Waals surface area contributed by atoms with Gasteiger partial charge in [-0.1, -0.05) is 38.1 Å². The Morgan fingerprint density at radius 3 is 2.46 bits per heavy atom. The molecule has 4 nitrogen and oxygen atoms in total. The number of benzene rings is 2. The Morgan fingerprint density at radius 2 is 1.81 bits per heavy atom. The first-order chi connectivity index (χ1) is 12.3. The van der Waals surface area contributed by atoms with Crippen LogP contribution in [0.15, 0.2) is 42.5 Å². The molecule has 2 amide bonds. The molecular weight excluding hydrogens is 324 g/mol. The fourth-order valence-corrected chi connectivity index (χ4v) is 3.28. The van der Waals surface area contributed by atoms with Crippen LogP contribution in [0.4, 0.5) is 11.4 Å². The maximum atomic E-state index is 12.7. The van der Waals surface area contributed by atoms with E-state index in [1.54, 1.807) is 4.90 Å². The summed E-state index contributed by atoms with van der Waals surface area (Å²) < 4.78 is 0. The van der Waals surface area contributed by atoms with Gasteiger partial charge in [-0.2, -0.15) is 0 Å². The van der Waals surface area contributed by atoms with Crippen molar-refractivity contribution in [2.45, 2.75) is 40.0 Å². The molecule has 1 aliphatic heterocycles. The highest BCUT2D eigenvalue weighted by atomic mass is 16.2. The fraction of sp³-hybridized carbons (Fsp3) is 0.364. The van der Waals surface area contributed by atoms with Gasteiger partial charge in [-0.3, -0.25) is 9.59 Å². The highest BCUT2D eigenvalue weighted by molar-refractivity contribution is 6.03. The molecule has 0 aromatic heterocycles. The van der Waals surface area contributed by atoms with Crippen molar-refractivity contribution in [2.75, 3.05) is 16.8 Å². The number of anilines is 2. The van der Waals surface area contributed by atoms with Crippen molar-refractivity contribution < 1.29 is 9.59 Å². The Morgan fingerprint density at radius 1 is 1.12 bits per heavy atom. The van der Waals surface area contributed by atoms with Crippen LogP contribution in [-0.2, 0) is 9.59 Å². The van der Waals surface area contributed by atoms with Gasteiger partial charge in [0.2, 0.25) is 11.8 Å². The predicted octanol–water partition coefficient (Wildman–Crippen LogP) is 4.42. The summed E-state index contributed by atoms with van der Waals surface area (Å²) in [4.78, 5) is 26.8. The minimum absolute atomic E-state index is 0.00316. The monoisotopic (exact) mass is 350 g/mol. The fourth-order valence-electron chi connectivity index (χ4n) is 3.28. The number of rotatable bonds is 4. The van der Waals surface area contributed by atoms with Crippen LogP contribution in [0.5, 0.6) is 0 Å². The minimum atomic E-state index is -0.327. The lowest BCUT2D eigenvalue weighted by Crippen LogP contribution is -2.28. The van der Waals surface area contributed by atoms with Gasteiger partial charge in [0.05, 0.1) is 5.92 Å². The van der Waals surface area contributed by atoms with Crippen LogP contribution in [0, 0.1) is 19.8 Å². The number of carbonyl (C=O) groups is 2. The number of carbonyl (C=O) groups excluding carboxylic acids is 2. The lowest BCUT2D eigenvalue weighted by molar-refractivity contribution is -0.122. The number of nitrogens with one attached hydrogen (secondary N) is 1. The SMILES string of the molecule is Cc1ccc(C)c(NC(=O)[C@H]2CC(=O)N(c3ccc(C(C)C)cc3)C2)c1. The molecule has 0 saturated carbocycles. The van der Waals surface area contributed by atoms with Crippen molar-refractivity contribution in [3.63, 3.8) is 0 Å². The van der Waals surface area contributed by atoms with E-state index in [1.807, 2.05) is 44.2 Å². The van der Waals surface area contributed by atoms with E-state index in [2.05, 4.69) is 31.3 Å². The summed E-state index contributed by atoms with van der Waals surface area (Å²) >= 11 is 0. The van der Waals surface area contributed by atoms with Crippen LogP contribution >= 0.6 is 0 Å². The smallest absolute Gasteiger partial charge is 0.229 e. The molecule has 2 aromatic carbocycles. The quantitative estimate of drug-likeness (QED) is 0.887. The van der Waals surface area contributed by atoms with Gasteiger partial charge >= 0.3 is 0 Å². The zero-order chi connectivity index (χ0) is 18.8. The van der Waals surface area contributed by atoms with Crippen molar-refractivity contribution in [3.05, 3.63) is 59.2 Å². The van der Waals surface area contributed by atoms with E-state index in [4.69, 9.17) is 0 Å². The Hall–Kier alpha value is -2.62. The largest absolute Gasteiger partial charge is 0.326 e. The molecule has 0 radical (unpaired) electrons. The standard InChI is InChI=1S/C22H26N2O2/c1-14(2)17-7-9-19(10-8-17)24-13-18(12-21(24)25)22(26)23-20-11-15(3)5-6-16(20)4/h5-11,14,18H,12-13H2,1-4H3,(H,23,26)/t18-/m0/s1. The number of aryl methyl sites for hydroxylation is 2. The Labute approximate surface area is 155 Å². The maximum absolute atomic E-state index is 12.7. The van der Waals surface area contributed by atoms with Gasteiger partial charge in [0.15, 0.2) is 0 Å². The van der Waals surface area contributed by atoms with Crippen molar-refractivity contribution in [1.29, 1.82) is 0 Å². The minimum Gasteiger partial charge on any atom is -0.326 e. The van der Waals surface area contributed by atoms with E-state index in [0.29, 0.717) is 12.5 Å². The van der Waals surface area contributed by atoms with Gasteiger partial charge in [0.1, 0.15) is 0 Å². The molecule has 1 atom stereocenters. The molecule has 0 aliphatic carbocycles. The second kappa shape index (κ2) is 7.32. The van der Waals surface area contributed by atoms with Crippen LogP contribution in [0.3, 0.4) is 0 Å².